The average Bonchev–Trinajstić information content (AvgIpc) is 3.24. The molecule has 0 saturated carbocycles. The molecule has 6 heteroatoms. The van der Waals surface area contributed by atoms with Crippen molar-refractivity contribution in [1.82, 2.24) is 20.4 Å². The van der Waals surface area contributed by atoms with Gasteiger partial charge in [-0.1, -0.05) is 0 Å². The lowest BCUT2D eigenvalue weighted by atomic mass is 9.95. The third-order valence-corrected chi connectivity index (χ3v) is 6.26. The Morgan fingerprint density at radius 1 is 0.875 bits per heavy atom. The highest BCUT2D eigenvalue weighted by Gasteiger charge is 2.36. The quantitative estimate of drug-likeness (QED) is 0.800. The van der Waals surface area contributed by atoms with Crippen molar-refractivity contribution in [2.24, 2.45) is 5.92 Å². The van der Waals surface area contributed by atoms with Crippen LogP contribution in [0.4, 0.5) is 4.79 Å². The van der Waals surface area contributed by atoms with Gasteiger partial charge in [0.25, 0.3) is 0 Å². The van der Waals surface area contributed by atoms with Crippen molar-refractivity contribution in [2.45, 2.75) is 69.5 Å². The first kappa shape index (κ1) is 16.2. The molecule has 0 aromatic rings. The Bertz CT molecular complexity index is 479. The zero-order valence-electron chi connectivity index (χ0n) is 14.5. The summed E-state index contributed by atoms with van der Waals surface area (Å²) in [5.41, 5.74) is 0. The van der Waals surface area contributed by atoms with Gasteiger partial charge in [0, 0.05) is 44.3 Å². The monoisotopic (exact) mass is 334 g/mol. The van der Waals surface area contributed by atoms with E-state index in [1.807, 2.05) is 9.80 Å². The molecule has 4 heterocycles. The molecule has 4 rings (SSSR count). The number of nitrogens with zero attached hydrogens (tertiary/aromatic N) is 2. The number of rotatable bonds is 2. The van der Waals surface area contributed by atoms with Crippen molar-refractivity contribution in [3.8, 4) is 0 Å². The number of amides is 3. The summed E-state index contributed by atoms with van der Waals surface area (Å²) in [7, 11) is 0. The van der Waals surface area contributed by atoms with Crippen LogP contribution >= 0.6 is 0 Å². The van der Waals surface area contributed by atoms with Gasteiger partial charge in [-0.25, -0.2) is 4.79 Å². The molecule has 4 saturated heterocycles. The van der Waals surface area contributed by atoms with Gasteiger partial charge >= 0.3 is 6.03 Å². The van der Waals surface area contributed by atoms with Crippen LogP contribution in [0.25, 0.3) is 0 Å². The largest absolute Gasteiger partial charge is 0.353 e. The summed E-state index contributed by atoms with van der Waals surface area (Å²) in [4.78, 5) is 29.1. The number of piperidine rings is 2. The standard InChI is InChI=1S/C18H30N4O2/c23-17(20-16-10-14-5-6-15(11-16)19-14)13-4-3-9-22(12-13)18(24)21-7-1-2-8-21/h13-16,19H,1-12H2,(H,20,23). The fraction of sp³-hybridized carbons (Fsp3) is 0.889. The van der Waals surface area contributed by atoms with Gasteiger partial charge in [-0.2, -0.15) is 0 Å². The zero-order chi connectivity index (χ0) is 16.5. The number of nitrogens with one attached hydrogen (secondary N) is 2. The highest BCUT2D eigenvalue weighted by atomic mass is 16.2. The Hall–Kier alpha value is -1.30. The van der Waals surface area contributed by atoms with E-state index in [2.05, 4.69) is 10.6 Å². The number of carbonyl (C=O) groups is 2. The SMILES string of the molecule is O=C(NC1CC2CCC(C1)N2)C1CCCN(C(=O)N2CCCC2)C1. The summed E-state index contributed by atoms with van der Waals surface area (Å²) >= 11 is 0. The molecule has 0 spiro atoms. The normalized spacial score (nSPS) is 36.0. The first-order valence-electron chi connectivity index (χ1n) is 9.79. The van der Waals surface area contributed by atoms with Gasteiger partial charge < -0.3 is 20.4 Å². The van der Waals surface area contributed by atoms with Crippen molar-refractivity contribution in [3.05, 3.63) is 0 Å². The minimum absolute atomic E-state index is 0.0298. The van der Waals surface area contributed by atoms with Crippen LogP contribution in [0.3, 0.4) is 0 Å². The Kier molecular flexibility index (Phi) is 4.66. The molecule has 2 bridgehead atoms. The molecule has 0 aromatic carbocycles. The molecule has 3 amide bonds. The zero-order valence-corrected chi connectivity index (χ0v) is 14.5. The predicted molar refractivity (Wildman–Crippen MR) is 91.6 cm³/mol. The van der Waals surface area contributed by atoms with Crippen molar-refractivity contribution < 1.29 is 9.59 Å². The third-order valence-electron chi connectivity index (χ3n) is 6.26. The van der Waals surface area contributed by atoms with Gasteiger partial charge in [0.1, 0.15) is 0 Å². The molecule has 3 unspecified atom stereocenters. The molecule has 24 heavy (non-hydrogen) atoms. The number of hydrogen-bond acceptors (Lipinski definition) is 3. The van der Waals surface area contributed by atoms with Crippen LogP contribution in [-0.4, -0.2) is 66.0 Å². The van der Waals surface area contributed by atoms with E-state index < -0.39 is 0 Å². The maximum Gasteiger partial charge on any atom is 0.320 e. The maximum absolute atomic E-state index is 12.7. The fourth-order valence-corrected chi connectivity index (χ4v) is 4.97. The highest BCUT2D eigenvalue weighted by Crippen LogP contribution is 2.27. The highest BCUT2D eigenvalue weighted by molar-refractivity contribution is 5.81. The van der Waals surface area contributed by atoms with E-state index >= 15 is 0 Å². The summed E-state index contributed by atoms with van der Waals surface area (Å²) < 4.78 is 0. The molecule has 0 radical (unpaired) electrons. The van der Waals surface area contributed by atoms with Crippen LogP contribution in [0.15, 0.2) is 0 Å². The summed E-state index contributed by atoms with van der Waals surface area (Å²) in [6.45, 7) is 3.16. The van der Waals surface area contributed by atoms with Gasteiger partial charge in [-0.05, 0) is 51.4 Å². The molecule has 0 aromatic heterocycles. The molecule has 4 aliphatic heterocycles. The lowest BCUT2D eigenvalue weighted by Gasteiger charge is -2.36. The smallest absolute Gasteiger partial charge is 0.320 e. The van der Waals surface area contributed by atoms with Gasteiger partial charge in [-0.3, -0.25) is 4.79 Å². The number of carbonyl (C=O) groups excluding carboxylic acids is 2. The second-order valence-corrected chi connectivity index (χ2v) is 8.08. The Morgan fingerprint density at radius 2 is 1.54 bits per heavy atom. The van der Waals surface area contributed by atoms with E-state index in [4.69, 9.17) is 0 Å². The summed E-state index contributed by atoms with van der Waals surface area (Å²) in [6.07, 6.45) is 8.69. The number of hydrogen-bond donors (Lipinski definition) is 2. The average molecular weight is 334 g/mol. The molecular weight excluding hydrogens is 304 g/mol. The lowest BCUT2D eigenvalue weighted by molar-refractivity contribution is -0.127. The van der Waals surface area contributed by atoms with E-state index in [1.54, 1.807) is 0 Å². The van der Waals surface area contributed by atoms with E-state index in [0.29, 0.717) is 24.7 Å². The predicted octanol–water partition coefficient (Wildman–Crippen LogP) is 1.31. The van der Waals surface area contributed by atoms with Crippen molar-refractivity contribution in [1.29, 1.82) is 0 Å². The van der Waals surface area contributed by atoms with Crippen LogP contribution in [0.5, 0.6) is 0 Å². The molecule has 4 aliphatic rings. The minimum Gasteiger partial charge on any atom is -0.353 e. The van der Waals surface area contributed by atoms with Crippen molar-refractivity contribution in [3.63, 3.8) is 0 Å². The second kappa shape index (κ2) is 6.90. The van der Waals surface area contributed by atoms with Gasteiger partial charge in [0.15, 0.2) is 0 Å². The number of fused-ring (bicyclic) bond motifs is 2. The lowest BCUT2D eigenvalue weighted by Crippen LogP contribution is -2.53. The summed E-state index contributed by atoms with van der Waals surface area (Å²) in [6, 6.07) is 1.65. The molecule has 134 valence electrons. The van der Waals surface area contributed by atoms with Crippen LogP contribution in [0, 0.1) is 5.92 Å². The van der Waals surface area contributed by atoms with E-state index in [9.17, 15) is 9.59 Å². The first-order chi connectivity index (χ1) is 11.7. The molecular formula is C18H30N4O2. The van der Waals surface area contributed by atoms with E-state index in [1.165, 1.54) is 12.8 Å². The minimum atomic E-state index is -0.0298. The summed E-state index contributed by atoms with van der Waals surface area (Å²) in [5, 5.41) is 6.90. The van der Waals surface area contributed by atoms with Gasteiger partial charge in [0.05, 0.1) is 5.92 Å². The molecule has 6 nitrogen and oxygen atoms in total. The van der Waals surface area contributed by atoms with Crippen LogP contribution in [0.2, 0.25) is 0 Å². The van der Waals surface area contributed by atoms with Crippen LogP contribution in [0.1, 0.15) is 51.4 Å². The van der Waals surface area contributed by atoms with Crippen molar-refractivity contribution >= 4 is 11.9 Å². The maximum atomic E-state index is 12.7. The van der Waals surface area contributed by atoms with Gasteiger partial charge in [0.2, 0.25) is 5.91 Å². The van der Waals surface area contributed by atoms with Crippen LogP contribution < -0.4 is 10.6 Å². The Balaban J connectivity index is 1.30. The second-order valence-electron chi connectivity index (χ2n) is 8.08. The first-order valence-corrected chi connectivity index (χ1v) is 9.79. The Labute approximate surface area is 144 Å². The third kappa shape index (κ3) is 3.39. The molecule has 3 atom stereocenters. The van der Waals surface area contributed by atoms with E-state index in [0.717, 1.165) is 58.2 Å². The Morgan fingerprint density at radius 3 is 2.25 bits per heavy atom. The number of likely N-dealkylation sites (tertiary alicyclic amines) is 2. The molecule has 2 N–H and O–H groups in total. The number of urea groups is 1. The van der Waals surface area contributed by atoms with Crippen molar-refractivity contribution in [2.75, 3.05) is 26.2 Å². The fourth-order valence-electron chi connectivity index (χ4n) is 4.97. The molecule has 4 fully saturated rings. The summed E-state index contributed by atoms with van der Waals surface area (Å²) in [5.74, 6) is 0.137. The topological polar surface area (TPSA) is 64.7 Å². The van der Waals surface area contributed by atoms with Crippen LogP contribution in [-0.2, 0) is 4.79 Å². The molecule has 0 aliphatic carbocycles. The van der Waals surface area contributed by atoms with Gasteiger partial charge in [-0.15, -0.1) is 0 Å². The van der Waals surface area contributed by atoms with E-state index in [-0.39, 0.29) is 17.9 Å².